The van der Waals surface area contributed by atoms with Crippen LogP contribution in [-0.2, 0) is 0 Å². The van der Waals surface area contributed by atoms with E-state index < -0.39 is 7.49 Å². The molecular weight excluding hydrogens is 171 g/mol. The number of rotatable bonds is 7. The molecule has 0 unspecified atom stereocenters. The van der Waals surface area contributed by atoms with Crippen LogP contribution in [0, 0.1) is 0 Å². The van der Waals surface area contributed by atoms with Gasteiger partial charge in [-0.1, -0.05) is 0 Å². The van der Waals surface area contributed by atoms with Gasteiger partial charge in [0.15, 0.2) is 0 Å². The molecular formula is C9H23O2P. The third kappa shape index (κ3) is 5.08. The summed E-state index contributed by atoms with van der Waals surface area (Å²) in [7, 11) is -1.93. The zero-order chi connectivity index (χ0) is 9.45. The third-order valence-electron chi connectivity index (χ3n) is 2.23. The zero-order valence-corrected chi connectivity index (χ0v) is 9.34. The molecule has 0 aliphatic carbocycles. The zero-order valence-electron chi connectivity index (χ0n) is 8.34. The van der Waals surface area contributed by atoms with Gasteiger partial charge in [0.1, 0.15) is 0 Å². The summed E-state index contributed by atoms with van der Waals surface area (Å²) in [6.07, 6.45) is 5.82. The van der Waals surface area contributed by atoms with Crippen LogP contribution in [0.4, 0.5) is 0 Å². The van der Waals surface area contributed by atoms with E-state index in [-0.39, 0.29) is 6.61 Å². The van der Waals surface area contributed by atoms with Gasteiger partial charge in [-0.15, -0.1) is 0 Å². The Hall–Kier alpha value is 0.350. The van der Waals surface area contributed by atoms with E-state index in [9.17, 15) is 4.89 Å². The molecule has 0 radical (unpaired) electrons. The molecule has 0 saturated heterocycles. The summed E-state index contributed by atoms with van der Waals surface area (Å²) in [6.45, 7) is 4.46. The van der Waals surface area contributed by atoms with Crippen molar-refractivity contribution in [2.75, 3.05) is 25.1 Å². The fraction of sp³-hybridized carbons (Fsp3) is 1.00. The van der Waals surface area contributed by atoms with Crippen molar-refractivity contribution in [1.82, 2.24) is 0 Å². The number of hydrogen-bond donors (Lipinski definition) is 2. The molecule has 0 bridgehead atoms. The molecule has 0 heterocycles. The van der Waals surface area contributed by atoms with Crippen molar-refractivity contribution in [3.8, 4) is 0 Å². The minimum atomic E-state index is -1.93. The molecule has 0 spiro atoms. The Labute approximate surface area is 76.4 Å². The molecule has 2 N–H and O–H groups in total. The fourth-order valence-electron chi connectivity index (χ4n) is 1.71. The van der Waals surface area contributed by atoms with Gasteiger partial charge in [0, 0.05) is 0 Å². The summed E-state index contributed by atoms with van der Waals surface area (Å²) >= 11 is 0. The average molecular weight is 194 g/mol. The maximum atomic E-state index is 10.2. The van der Waals surface area contributed by atoms with Crippen LogP contribution in [0.5, 0.6) is 0 Å². The van der Waals surface area contributed by atoms with Gasteiger partial charge in [0.05, 0.1) is 0 Å². The van der Waals surface area contributed by atoms with Crippen molar-refractivity contribution in [3.05, 3.63) is 0 Å². The SMILES string of the molecule is CCC[PH](O)(CCC)CCCO. The van der Waals surface area contributed by atoms with E-state index in [2.05, 4.69) is 13.8 Å². The summed E-state index contributed by atoms with van der Waals surface area (Å²) in [5.74, 6) is 0. The van der Waals surface area contributed by atoms with Crippen molar-refractivity contribution >= 4 is 7.49 Å². The van der Waals surface area contributed by atoms with E-state index in [1.807, 2.05) is 0 Å². The van der Waals surface area contributed by atoms with Crippen molar-refractivity contribution in [1.29, 1.82) is 0 Å². The van der Waals surface area contributed by atoms with Gasteiger partial charge in [-0.2, -0.15) is 0 Å². The van der Waals surface area contributed by atoms with Crippen LogP contribution < -0.4 is 0 Å². The second kappa shape index (κ2) is 6.82. The average Bonchev–Trinajstić information content (AvgIpc) is 2.02. The molecule has 76 valence electrons. The van der Waals surface area contributed by atoms with E-state index in [0.717, 1.165) is 37.7 Å². The molecule has 0 aromatic rings. The van der Waals surface area contributed by atoms with Gasteiger partial charge in [0.25, 0.3) is 0 Å². The van der Waals surface area contributed by atoms with Crippen molar-refractivity contribution in [2.24, 2.45) is 0 Å². The Morgan fingerprint density at radius 3 is 1.83 bits per heavy atom. The van der Waals surface area contributed by atoms with Crippen molar-refractivity contribution in [3.63, 3.8) is 0 Å². The Kier molecular flexibility index (Phi) is 7.02. The number of hydrogen-bond acceptors (Lipinski definition) is 2. The summed E-state index contributed by atoms with van der Waals surface area (Å²) < 4.78 is 0. The predicted octanol–water partition coefficient (Wildman–Crippen LogP) is 1.85. The first-order valence-electron chi connectivity index (χ1n) is 5.01. The minimum absolute atomic E-state index is 0.225. The van der Waals surface area contributed by atoms with Crippen LogP contribution in [0.1, 0.15) is 33.1 Å². The monoisotopic (exact) mass is 194 g/mol. The molecule has 0 aromatic carbocycles. The molecule has 0 aliphatic rings. The van der Waals surface area contributed by atoms with Crippen molar-refractivity contribution in [2.45, 2.75) is 33.1 Å². The predicted molar refractivity (Wildman–Crippen MR) is 57.4 cm³/mol. The van der Waals surface area contributed by atoms with E-state index >= 15 is 0 Å². The summed E-state index contributed by atoms with van der Waals surface area (Å²) in [5.41, 5.74) is 0. The molecule has 0 aromatic heterocycles. The fourth-order valence-corrected chi connectivity index (χ4v) is 5.14. The molecule has 0 amide bonds. The first-order chi connectivity index (χ1) is 5.68. The topological polar surface area (TPSA) is 40.5 Å². The summed E-state index contributed by atoms with van der Waals surface area (Å²) in [5, 5.41) is 8.68. The van der Waals surface area contributed by atoms with E-state index in [4.69, 9.17) is 5.11 Å². The summed E-state index contributed by atoms with van der Waals surface area (Å²) in [4.78, 5) is 10.2. The molecule has 0 atom stereocenters. The molecule has 0 aliphatic heterocycles. The van der Waals surface area contributed by atoms with Gasteiger partial charge in [-0.3, -0.25) is 0 Å². The summed E-state index contributed by atoms with van der Waals surface area (Å²) in [6, 6.07) is 0. The molecule has 2 nitrogen and oxygen atoms in total. The van der Waals surface area contributed by atoms with Crippen molar-refractivity contribution < 1.29 is 10.00 Å². The van der Waals surface area contributed by atoms with Crippen LogP contribution in [0.3, 0.4) is 0 Å². The van der Waals surface area contributed by atoms with E-state index in [1.54, 1.807) is 0 Å². The molecule has 0 fully saturated rings. The van der Waals surface area contributed by atoms with Gasteiger partial charge < -0.3 is 0 Å². The first kappa shape index (κ1) is 12.3. The standard InChI is InChI=1S/C9H23O2P/c1-3-7-12(11,8-4-2)9-5-6-10/h10-12H,3-9H2,1-2H3. The second-order valence-corrected chi connectivity index (χ2v) is 7.50. The first-order valence-corrected chi connectivity index (χ1v) is 7.58. The van der Waals surface area contributed by atoms with Crippen LogP contribution in [0.25, 0.3) is 0 Å². The Balaban J connectivity index is 3.80. The van der Waals surface area contributed by atoms with Crippen LogP contribution in [0.2, 0.25) is 0 Å². The van der Waals surface area contributed by atoms with E-state index in [0.29, 0.717) is 0 Å². The Morgan fingerprint density at radius 2 is 1.50 bits per heavy atom. The van der Waals surface area contributed by atoms with Crippen LogP contribution in [0.15, 0.2) is 0 Å². The molecule has 12 heavy (non-hydrogen) atoms. The van der Waals surface area contributed by atoms with Gasteiger partial charge in [0.2, 0.25) is 0 Å². The van der Waals surface area contributed by atoms with Gasteiger partial charge >= 0.3 is 75.7 Å². The van der Waals surface area contributed by atoms with E-state index in [1.165, 1.54) is 0 Å². The number of aliphatic hydroxyl groups is 1. The maximum absolute atomic E-state index is 10.2. The molecule has 0 saturated carbocycles. The Bertz CT molecular complexity index is 101. The van der Waals surface area contributed by atoms with Crippen LogP contribution in [-0.4, -0.2) is 35.1 Å². The normalized spacial score (nSPS) is 13.3. The second-order valence-electron chi connectivity index (χ2n) is 3.55. The Morgan fingerprint density at radius 1 is 1.00 bits per heavy atom. The number of aliphatic hydroxyl groups excluding tert-OH is 1. The molecule has 0 rings (SSSR count). The van der Waals surface area contributed by atoms with Crippen LogP contribution >= 0.6 is 7.49 Å². The van der Waals surface area contributed by atoms with Gasteiger partial charge in [-0.25, -0.2) is 0 Å². The quantitative estimate of drug-likeness (QED) is 0.607. The third-order valence-corrected chi connectivity index (χ3v) is 6.38. The van der Waals surface area contributed by atoms with Gasteiger partial charge in [-0.05, 0) is 0 Å². The molecule has 3 heteroatoms.